The molecule has 2 rings (SSSR count). The molecule has 1 aromatic rings. The Balaban J connectivity index is 0.00000180. The van der Waals surface area contributed by atoms with Crippen LogP contribution in [0, 0.1) is 0 Å². The van der Waals surface area contributed by atoms with Crippen molar-refractivity contribution in [3.05, 3.63) is 28.8 Å². The summed E-state index contributed by atoms with van der Waals surface area (Å²) in [6.07, 6.45) is 0. The van der Waals surface area contributed by atoms with E-state index >= 15 is 0 Å². The summed E-state index contributed by atoms with van der Waals surface area (Å²) >= 11 is 5.93. The average molecular weight is 305 g/mol. The molecule has 0 unspecified atom stereocenters. The molecule has 1 saturated heterocycles. The molecule has 6 heteroatoms. The molecule has 1 heterocycles. The zero-order valence-corrected chi connectivity index (χ0v) is 12.4. The molecular weight excluding hydrogens is 287 g/mol. The van der Waals surface area contributed by atoms with Crippen molar-refractivity contribution < 1.29 is 9.53 Å². The first-order valence-corrected chi connectivity index (χ1v) is 6.52. The second-order valence-corrected chi connectivity index (χ2v) is 4.55. The standard InChI is InChI=1S/C13H17ClN2O2.ClH/c1-2-18-12-9-10(14)3-4-11(12)13(17)16-7-5-15-6-8-16;/h3-4,9,15H,2,5-8H2,1H3;1H. The number of ether oxygens (including phenoxy) is 1. The maximum atomic E-state index is 12.4. The van der Waals surface area contributed by atoms with Gasteiger partial charge < -0.3 is 15.0 Å². The number of hydrogen-bond acceptors (Lipinski definition) is 3. The maximum Gasteiger partial charge on any atom is 0.257 e. The molecule has 0 radical (unpaired) electrons. The molecule has 0 bridgehead atoms. The number of benzene rings is 1. The monoisotopic (exact) mass is 304 g/mol. The van der Waals surface area contributed by atoms with Crippen LogP contribution in [0.2, 0.25) is 5.02 Å². The third-order valence-corrected chi connectivity index (χ3v) is 3.11. The Morgan fingerprint density at radius 2 is 2.11 bits per heavy atom. The van der Waals surface area contributed by atoms with Crippen molar-refractivity contribution in [3.8, 4) is 5.75 Å². The zero-order chi connectivity index (χ0) is 13.0. The largest absolute Gasteiger partial charge is 0.493 e. The van der Waals surface area contributed by atoms with Gasteiger partial charge >= 0.3 is 0 Å². The first-order chi connectivity index (χ1) is 8.72. The average Bonchev–Trinajstić information content (AvgIpc) is 2.40. The van der Waals surface area contributed by atoms with Crippen molar-refractivity contribution in [3.63, 3.8) is 0 Å². The number of amides is 1. The van der Waals surface area contributed by atoms with Crippen LogP contribution in [0.25, 0.3) is 0 Å². The van der Waals surface area contributed by atoms with Crippen molar-refractivity contribution in [2.24, 2.45) is 0 Å². The molecule has 106 valence electrons. The SMILES string of the molecule is CCOc1cc(Cl)ccc1C(=O)N1CCNCC1.Cl. The highest BCUT2D eigenvalue weighted by molar-refractivity contribution is 6.30. The Bertz CT molecular complexity index is 435. The lowest BCUT2D eigenvalue weighted by atomic mass is 10.1. The molecule has 0 spiro atoms. The van der Waals surface area contributed by atoms with Crippen LogP contribution in [0.1, 0.15) is 17.3 Å². The number of piperazine rings is 1. The fraction of sp³-hybridized carbons (Fsp3) is 0.462. The topological polar surface area (TPSA) is 41.6 Å². The Kier molecular flexibility index (Phi) is 6.42. The third-order valence-electron chi connectivity index (χ3n) is 2.88. The van der Waals surface area contributed by atoms with Crippen molar-refractivity contribution in [2.75, 3.05) is 32.8 Å². The summed E-state index contributed by atoms with van der Waals surface area (Å²) in [5, 5.41) is 3.80. The van der Waals surface area contributed by atoms with Gasteiger partial charge in [-0.25, -0.2) is 0 Å². The van der Waals surface area contributed by atoms with Crippen LogP contribution in [-0.2, 0) is 0 Å². The predicted molar refractivity (Wildman–Crippen MR) is 78.6 cm³/mol. The molecule has 0 saturated carbocycles. The number of carbonyl (C=O) groups is 1. The summed E-state index contributed by atoms with van der Waals surface area (Å²) < 4.78 is 5.48. The molecule has 1 aromatic carbocycles. The first kappa shape index (κ1) is 16.1. The Morgan fingerprint density at radius 3 is 2.74 bits per heavy atom. The van der Waals surface area contributed by atoms with Gasteiger partial charge in [-0.1, -0.05) is 11.6 Å². The molecule has 1 aliphatic rings. The van der Waals surface area contributed by atoms with Crippen molar-refractivity contribution in [1.82, 2.24) is 10.2 Å². The second kappa shape index (κ2) is 7.58. The van der Waals surface area contributed by atoms with Gasteiger partial charge in [-0.3, -0.25) is 4.79 Å². The molecule has 0 aromatic heterocycles. The third kappa shape index (κ3) is 4.00. The van der Waals surface area contributed by atoms with E-state index < -0.39 is 0 Å². The van der Waals surface area contributed by atoms with Crippen LogP contribution in [-0.4, -0.2) is 43.6 Å². The minimum atomic E-state index is 0. The molecule has 1 N–H and O–H groups in total. The van der Waals surface area contributed by atoms with Gasteiger partial charge in [-0.15, -0.1) is 12.4 Å². The van der Waals surface area contributed by atoms with E-state index in [2.05, 4.69) is 5.32 Å². The van der Waals surface area contributed by atoms with Gasteiger partial charge in [0.2, 0.25) is 0 Å². The van der Waals surface area contributed by atoms with E-state index in [1.807, 2.05) is 11.8 Å². The molecule has 1 aliphatic heterocycles. The summed E-state index contributed by atoms with van der Waals surface area (Å²) in [5.74, 6) is 0.574. The summed E-state index contributed by atoms with van der Waals surface area (Å²) in [4.78, 5) is 14.2. The highest BCUT2D eigenvalue weighted by Crippen LogP contribution is 2.25. The highest BCUT2D eigenvalue weighted by Gasteiger charge is 2.21. The van der Waals surface area contributed by atoms with Crippen LogP contribution < -0.4 is 10.1 Å². The fourth-order valence-corrected chi connectivity index (χ4v) is 2.15. The number of nitrogens with one attached hydrogen (secondary N) is 1. The number of nitrogens with zero attached hydrogens (tertiary/aromatic N) is 1. The van der Waals surface area contributed by atoms with Crippen molar-refractivity contribution in [2.45, 2.75) is 6.92 Å². The van der Waals surface area contributed by atoms with Gasteiger partial charge in [-0.05, 0) is 25.1 Å². The lowest BCUT2D eigenvalue weighted by molar-refractivity contribution is 0.0731. The first-order valence-electron chi connectivity index (χ1n) is 6.14. The predicted octanol–water partition coefficient (Wildman–Crippen LogP) is 2.21. The highest BCUT2D eigenvalue weighted by atomic mass is 35.5. The van der Waals surface area contributed by atoms with Crippen LogP contribution >= 0.6 is 24.0 Å². The summed E-state index contributed by atoms with van der Waals surface area (Å²) in [6, 6.07) is 5.15. The minimum absolute atomic E-state index is 0. The molecular formula is C13H18Cl2N2O2. The summed E-state index contributed by atoms with van der Waals surface area (Å²) in [6.45, 7) is 5.54. The Hall–Kier alpha value is -0.970. The lowest BCUT2D eigenvalue weighted by Crippen LogP contribution is -2.46. The van der Waals surface area contributed by atoms with Crippen LogP contribution in [0.5, 0.6) is 5.75 Å². The van der Waals surface area contributed by atoms with Crippen molar-refractivity contribution in [1.29, 1.82) is 0 Å². The van der Waals surface area contributed by atoms with Crippen LogP contribution in [0.3, 0.4) is 0 Å². The van der Waals surface area contributed by atoms with Gasteiger partial charge in [0.05, 0.1) is 12.2 Å². The van der Waals surface area contributed by atoms with E-state index in [0.717, 1.165) is 26.2 Å². The van der Waals surface area contributed by atoms with E-state index in [4.69, 9.17) is 16.3 Å². The van der Waals surface area contributed by atoms with E-state index in [0.29, 0.717) is 22.9 Å². The number of hydrogen-bond donors (Lipinski definition) is 1. The van der Waals surface area contributed by atoms with Gasteiger partial charge in [0, 0.05) is 31.2 Å². The quantitative estimate of drug-likeness (QED) is 0.931. The number of halogens is 2. The van der Waals surface area contributed by atoms with E-state index in [9.17, 15) is 4.79 Å². The second-order valence-electron chi connectivity index (χ2n) is 4.12. The van der Waals surface area contributed by atoms with E-state index in [-0.39, 0.29) is 18.3 Å². The number of rotatable bonds is 3. The Morgan fingerprint density at radius 1 is 1.42 bits per heavy atom. The normalized spacial score (nSPS) is 14.7. The van der Waals surface area contributed by atoms with Crippen molar-refractivity contribution >= 4 is 29.9 Å². The molecule has 0 atom stereocenters. The number of carbonyl (C=O) groups excluding carboxylic acids is 1. The zero-order valence-electron chi connectivity index (χ0n) is 10.8. The van der Waals surface area contributed by atoms with Gasteiger partial charge in [-0.2, -0.15) is 0 Å². The lowest BCUT2D eigenvalue weighted by Gasteiger charge is -2.28. The summed E-state index contributed by atoms with van der Waals surface area (Å²) in [7, 11) is 0. The van der Waals surface area contributed by atoms with E-state index in [1.165, 1.54) is 0 Å². The van der Waals surface area contributed by atoms with Gasteiger partial charge in [0.15, 0.2) is 0 Å². The molecule has 4 nitrogen and oxygen atoms in total. The van der Waals surface area contributed by atoms with Gasteiger partial charge in [0.25, 0.3) is 5.91 Å². The molecule has 1 fully saturated rings. The molecule has 0 aliphatic carbocycles. The van der Waals surface area contributed by atoms with E-state index in [1.54, 1.807) is 18.2 Å². The smallest absolute Gasteiger partial charge is 0.257 e. The van der Waals surface area contributed by atoms with Gasteiger partial charge in [0.1, 0.15) is 5.75 Å². The van der Waals surface area contributed by atoms with Crippen LogP contribution in [0.15, 0.2) is 18.2 Å². The molecule has 19 heavy (non-hydrogen) atoms. The fourth-order valence-electron chi connectivity index (χ4n) is 1.99. The molecule has 1 amide bonds. The Labute approximate surface area is 124 Å². The maximum absolute atomic E-state index is 12.4. The summed E-state index contributed by atoms with van der Waals surface area (Å²) in [5.41, 5.74) is 0.586. The van der Waals surface area contributed by atoms with Crippen LogP contribution in [0.4, 0.5) is 0 Å². The minimum Gasteiger partial charge on any atom is -0.493 e.